The van der Waals surface area contributed by atoms with Crippen LogP contribution in [0.3, 0.4) is 0 Å². The molecule has 0 spiro atoms. The van der Waals surface area contributed by atoms with Crippen LogP contribution in [-0.2, 0) is 26.2 Å². The van der Waals surface area contributed by atoms with Crippen molar-refractivity contribution in [1.29, 1.82) is 0 Å². The van der Waals surface area contributed by atoms with Crippen molar-refractivity contribution < 1.29 is 32.3 Å². The van der Waals surface area contributed by atoms with Gasteiger partial charge in [0.05, 0.1) is 52.8 Å². The van der Waals surface area contributed by atoms with Crippen molar-refractivity contribution in [2.24, 2.45) is 12.8 Å². The fourth-order valence-corrected chi connectivity index (χ4v) is 10.6. The number of morpholine rings is 1. The summed E-state index contributed by atoms with van der Waals surface area (Å²) in [6.07, 6.45) is 5.79. The van der Waals surface area contributed by atoms with E-state index in [9.17, 15) is 28.0 Å². The Balaban J connectivity index is 0.732. The van der Waals surface area contributed by atoms with Gasteiger partial charge in [0.2, 0.25) is 11.8 Å². The lowest BCUT2D eigenvalue weighted by Crippen LogP contribution is -2.64. The lowest BCUT2D eigenvalue weighted by atomic mass is 9.89. The number of nitrogens with two attached hydrogens (primary N) is 1. The second-order valence-electron chi connectivity index (χ2n) is 17.5. The maximum absolute atomic E-state index is 15.5. The van der Waals surface area contributed by atoms with Gasteiger partial charge in [-0.25, -0.2) is 27.9 Å². The number of carbonyl (C=O) groups is 3. The molecule has 3 aromatic heterocycles. The molecule has 1 aromatic carbocycles. The third kappa shape index (κ3) is 7.42. The molecule has 1 aliphatic carbocycles. The lowest BCUT2D eigenvalue weighted by Gasteiger charge is -2.50. The number of nitrogens with zero attached hydrogens (tertiary/aromatic N) is 10. The zero-order valence-electron chi connectivity index (χ0n) is 34.8. The number of hydrogen-bond donors (Lipinski definition) is 3. The zero-order valence-corrected chi connectivity index (χ0v) is 34.8. The molecule has 6 fully saturated rings. The van der Waals surface area contributed by atoms with Crippen molar-refractivity contribution in [3.05, 3.63) is 64.6 Å². The minimum absolute atomic E-state index is 0.0421. The number of amides is 3. The van der Waals surface area contributed by atoms with Crippen LogP contribution in [0, 0.1) is 5.82 Å². The zero-order chi connectivity index (χ0) is 43.7. The Labute approximate surface area is 359 Å². The molecule has 5 saturated heterocycles. The van der Waals surface area contributed by atoms with Gasteiger partial charge in [0, 0.05) is 90.0 Å². The van der Waals surface area contributed by atoms with Crippen molar-refractivity contribution in [3.63, 3.8) is 0 Å². The van der Waals surface area contributed by atoms with Gasteiger partial charge >= 0.3 is 5.69 Å². The molecule has 4 aromatic rings. The van der Waals surface area contributed by atoms with Crippen molar-refractivity contribution in [2.75, 3.05) is 67.5 Å². The first-order valence-corrected chi connectivity index (χ1v) is 21.7. The van der Waals surface area contributed by atoms with Crippen LogP contribution in [0.25, 0.3) is 16.6 Å². The SMILES string of the molecule is Cn1c(=O)n(C2CCC(=O)NC2=O)c2ccc(F)c(N3CC(N4CCN(C5CCC(n6cc(NC(=O)/C(=C/N)c7nccc(N8C[C@H]9C[C@@H]8CO9)n7)c(C(F)F)n6)CC5)CC4)C3)c21. The Morgan fingerprint density at radius 1 is 0.968 bits per heavy atom. The minimum atomic E-state index is -2.91. The molecule has 8 heterocycles. The van der Waals surface area contributed by atoms with Gasteiger partial charge in [-0.1, -0.05) is 0 Å². The van der Waals surface area contributed by atoms with Crippen LogP contribution in [0.2, 0.25) is 0 Å². The number of benzene rings is 1. The summed E-state index contributed by atoms with van der Waals surface area (Å²) in [4.78, 5) is 69.2. The number of hydrogen-bond acceptors (Lipinski definition) is 13. The van der Waals surface area contributed by atoms with E-state index in [-0.39, 0.29) is 60.1 Å². The summed E-state index contributed by atoms with van der Waals surface area (Å²) in [7, 11) is 1.58. The van der Waals surface area contributed by atoms with E-state index < -0.39 is 41.5 Å². The summed E-state index contributed by atoms with van der Waals surface area (Å²) in [6.45, 7) is 5.90. The number of fused-ring (bicyclic) bond motifs is 3. The number of piperidine rings is 1. The van der Waals surface area contributed by atoms with Crippen LogP contribution < -0.4 is 31.9 Å². The number of alkyl halides is 2. The fourth-order valence-electron chi connectivity index (χ4n) is 10.6. The number of imidazole rings is 1. The van der Waals surface area contributed by atoms with E-state index in [1.54, 1.807) is 24.0 Å². The van der Waals surface area contributed by atoms with E-state index in [1.165, 1.54) is 27.5 Å². The molecule has 63 heavy (non-hydrogen) atoms. The van der Waals surface area contributed by atoms with Gasteiger partial charge in [-0.3, -0.25) is 43.3 Å². The van der Waals surface area contributed by atoms with Gasteiger partial charge in [-0.2, -0.15) is 5.10 Å². The standard InChI is InChI=1S/C42H50F3N13O5/c1-52-37-31(58(42(52)62)32-8-9-34(59)50-41(32)61)7-6-29(43)36(37)55-18-26(19-55)54-14-12-53(13-15-54)23-2-4-24(5-3-23)57-21-30(35(51-57)38(44)45)48-40(60)28(17-46)39-47-11-10-33(49-39)56-20-27-16-25(56)22-63-27/h6-7,10-11,17,21,23-27,32,38H,2-5,8-9,12-16,18-20,22,46H2,1H3,(H,48,60)(H,50,59,61)/b28-17+/t23?,24?,25-,27-,32?/m1/s1. The number of imide groups is 1. The largest absolute Gasteiger partial charge is 0.404 e. The topological polar surface area (TPSA) is 194 Å². The summed E-state index contributed by atoms with van der Waals surface area (Å²) in [5.41, 5.74) is 6.03. The number of anilines is 3. The quantitative estimate of drug-likeness (QED) is 0.156. The molecule has 3 atom stereocenters. The lowest BCUT2D eigenvalue weighted by molar-refractivity contribution is -0.135. The van der Waals surface area contributed by atoms with Crippen molar-refractivity contribution in [3.8, 4) is 0 Å². The molecule has 5 aliphatic heterocycles. The van der Waals surface area contributed by atoms with Crippen LogP contribution in [0.5, 0.6) is 0 Å². The number of aromatic nitrogens is 6. The number of ether oxygens (including phenoxy) is 1. The average molecular weight is 874 g/mol. The smallest absolute Gasteiger partial charge is 0.329 e. The summed E-state index contributed by atoms with van der Waals surface area (Å²) in [5.74, 6) is -1.32. The van der Waals surface area contributed by atoms with E-state index in [2.05, 4.69) is 40.4 Å². The van der Waals surface area contributed by atoms with Crippen LogP contribution >= 0.6 is 0 Å². The number of rotatable bonds is 10. The molecular weight excluding hydrogens is 824 g/mol. The van der Waals surface area contributed by atoms with Gasteiger partial charge in [0.25, 0.3) is 12.3 Å². The van der Waals surface area contributed by atoms with Crippen LogP contribution in [0.15, 0.2) is 41.6 Å². The van der Waals surface area contributed by atoms with Gasteiger partial charge in [0.15, 0.2) is 11.5 Å². The van der Waals surface area contributed by atoms with Gasteiger partial charge in [0.1, 0.15) is 17.7 Å². The molecule has 10 rings (SSSR count). The highest BCUT2D eigenvalue weighted by atomic mass is 19.3. The second kappa shape index (κ2) is 16.4. The summed E-state index contributed by atoms with van der Waals surface area (Å²) in [5, 5.41) is 9.18. The predicted molar refractivity (Wildman–Crippen MR) is 224 cm³/mol. The monoisotopic (exact) mass is 873 g/mol. The maximum Gasteiger partial charge on any atom is 0.329 e. The number of aryl methyl sites for hydroxylation is 1. The van der Waals surface area contributed by atoms with E-state index in [4.69, 9.17) is 10.5 Å². The molecule has 0 radical (unpaired) electrons. The molecule has 4 N–H and O–H groups in total. The Morgan fingerprint density at radius 2 is 1.70 bits per heavy atom. The molecule has 1 saturated carbocycles. The molecular formula is C42H50F3N13O5. The normalized spacial score (nSPS) is 26.2. The van der Waals surface area contributed by atoms with E-state index in [0.717, 1.165) is 64.5 Å². The van der Waals surface area contributed by atoms with Crippen molar-refractivity contribution >= 4 is 51.5 Å². The molecule has 1 unspecified atom stereocenters. The summed E-state index contributed by atoms with van der Waals surface area (Å²) < 4.78 is 54.2. The Hall–Kier alpha value is -5.80. The molecule has 21 heteroatoms. The third-order valence-corrected chi connectivity index (χ3v) is 14.0. The number of carbonyl (C=O) groups excluding carboxylic acids is 3. The van der Waals surface area contributed by atoms with Crippen molar-refractivity contribution in [2.45, 2.75) is 87.7 Å². The van der Waals surface area contributed by atoms with Crippen molar-refractivity contribution in [1.82, 2.24) is 44.0 Å². The Morgan fingerprint density at radius 3 is 2.37 bits per heavy atom. The van der Waals surface area contributed by atoms with E-state index in [1.807, 2.05) is 4.90 Å². The van der Waals surface area contributed by atoms with Gasteiger partial charge in [-0.05, 0) is 56.7 Å². The van der Waals surface area contributed by atoms with Crippen LogP contribution in [0.4, 0.5) is 30.4 Å². The molecule has 6 aliphatic rings. The minimum Gasteiger partial charge on any atom is -0.404 e. The average Bonchev–Trinajstić information content (AvgIpc) is 4.06. The molecule has 18 nitrogen and oxygen atoms in total. The molecule has 2 bridgehead atoms. The number of piperazine rings is 1. The first kappa shape index (κ1) is 41.2. The highest BCUT2D eigenvalue weighted by Gasteiger charge is 2.41. The summed E-state index contributed by atoms with van der Waals surface area (Å²) >= 11 is 0. The second-order valence-corrected chi connectivity index (χ2v) is 17.5. The van der Waals surface area contributed by atoms with Gasteiger partial charge < -0.3 is 25.6 Å². The van der Waals surface area contributed by atoms with Crippen LogP contribution in [0.1, 0.15) is 75.0 Å². The molecule has 3 amide bonds. The van der Waals surface area contributed by atoms with Crippen LogP contribution in [-0.4, -0.2) is 133 Å². The Bertz CT molecular complexity index is 2540. The third-order valence-electron chi connectivity index (χ3n) is 14.0. The number of nitrogens with one attached hydrogen (secondary N) is 2. The molecule has 334 valence electrons. The maximum atomic E-state index is 15.5. The number of halogens is 3. The highest BCUT2D eigenvalue weighted by molar-refractivity contribution is 6.24. The predicted octanol–water partition coefficient (Wildman–Crippen LogP) is 2.29. The first-order valence-electron chi connectivity index (χ1n) is 21.7. The van der Waals surface area contributed by atoms with Gasteiger partial charge in [-0.15, -0.1) is 0 Å². The fraction of sp³-hybridized carbons (Fsp3) is 0.548. The van der Waals surface area contributed by atoms with E-state index in [0.29, 0.717) is 54.8 Å². The first-order chi connectivity index (χ1) is 30.4. The summed E-state index contributed by atoms with van der Waals surface area (Å²) in [6, 6.07) is 4.41. The van der Waals surface area contributed by atoms with E-state index >= 15 is 4.39 Å². The Kier molecular flexibility index (Phi) is 10.7. The highest BCUT2D eigenvalue weighted by Crippen LogP contribution is 2.38.